The highest BCUT2D eigenvalue weighted by molar-refractivity contribution is 7.89. The van der Waals surface area contributed by atoms with E-state index in [1.54, 1.807) is 0 Å². The summed E-state index contributed by atoms with van der Waals surface area (Å²) < 4.78 is 26.6. The van der Waals surface area contributed by atoms with E-state index < -0.39 is 10.0 Å². The molecule has 146 valence electrons. The van der Waals surface area contributed by atoms with Crippen molar-refractivity contribution in [3.63, 3.8) is 0 Å². The molecular weight excluding hydrogens is 384 g/mol. The molecule has 1 aromatic heterocycles. The van der Waals surface area contributed by atoms with E-state index in [1.807, 2.05) is 24.3 Å². The minimum Gasteiger partial charge on any atom is -0.326 e. The largest absolute Gasteiger partial charge is 0.326 e. The zero-order valence-electron chi connectivity index (χ0n) is 15.2. The van der Waals surface area contributed by atoms with Crippen LogP contribution in [0.2, 0.25) is 0 Å². The molecule has 3 aromatic rings. The molecule has 0 radical (unpaired) electrons. The lowest BCUT2D eigenvalue weighted by atomic mass is 10.1. The number of aromatic nitrogens is 4. The summed E-state index contributed by atoms with van der Waals surface area (Å²) in [6, 6.07) is 13.1. The molecule has 1 amide bonds. The van der Waals surface area contributed by atoms with Gasteiger partial charge in [0.2, 0.25) is 5.91 Å². The fraction of sp³-hybridized carbons (Fsp3) is 0.176. The quantitative estimate of drug-likeness (QED) is 0.586. The second kappa shape index (κ2) is 8.25. The van der Waals surface area contributed by atoms with Crippen molar-refractivity contribution in [2.45, 2.75) is 11.3 Å². The summed E-state index contributed by atoms with van der Waals surface area (Å²) in [5.41, 5.74) is 2.09. The van der Waals surface area contributed by atoms with Gasteiger partial charge >= 0.3 is 0 Å². The lowest BCUT2D eigenvalue weighted by Crippen LogP contribution is -2.25. The van der Waals surface area contributed by atoms with Crippen molar-refractivity contribution >= 4 is 21.6 Å². The average Bonchev–Trinajstić information content (AvgIpc) is 3.23. The van der Waals surface area contributed by atoms with E-state index in [1.165, 1.54) is 49.4 Å². The molecule has 0 saturated heterocycles. The summed E-state index contributed by atoms with van der Waals surface area (Å²) in [6.45, 7) is 0. The highest BCUT2D eigenvalue weighted by Gasteiger charge is 2.20. The highest BCUT2D eigenvalue weighted by Crippen LogP contribution is 2.18. The SMILES string of the molecule is CON(C)S(=O)(=O)c1ccc(NC(=O)Cc2ccc(-n3cnnn3)cc2)cc1. The van der Waals surface area contributed by atoms with E-state index >= 15 is 0 Å². The minimum atomic E-state index is -3.72. The first kappa shape index (κ1) is 19.6. The number of hydrogen-bond acceptors (Lipinski definition) is 7. The Morgan fingerprint density at radius 3 is 2.39 bits per heavy atom. The van der Waals surface area contributed by atoms with Gasteiger partial charge in [-0.25, -0.2) is 13.1 Å². The molecule has 0 unspecified atom stereocenters. The van der Waals surface area contributed by atoms with Gasteiger partial charge in [0.05, 0.1) is 24.1 Å². The van der Waals surface area contributed by atoms with Gasteiger partial charge in [0.15, 0.2) is 0 Å². The predicted octanol–water partition coefficient (Wildman–Crippen LogP) is 1.03. The van der Waals surface area contributed by atoms with E-state index in [-0.39, 0.29) is 17.2 Å². The van der Waals surface area contributed by atoms with Gasteiger partial charge in [0, 0.05) is 12.7 Å². The number of rotatable bonds is 7. The Hall–Kier alpha value is -3.15. The second-order valence-corrected chi connectivity index (χ2v) is 7.70. The van der Waals surface area contributed by atoms with Crippen LogP contribution in [0.4, 0.5) is 5.69 Å². The molecule has 1 N–H and O–H groups in total. The molecule has 11 heteroatoms. The second-order valence-electron chi connectivity index (χ2n) is 5.77. The molecule has 0 atom stereocenters. The summed E-state index contributed by atoms with van der Waals surface area (Å²) in [4.78, 5) is 17.0. The van der Waals surface area contributed by atoms with Gasteiger partial charge in [-0.15, -0.1) is 5.10 Å². The Morgan fingerprint density at radius 2 is 1.82 bits per heavy atom. The predicted molar refractivity (Wildman–Crippen MR) is 99.9 cm³/mol. The molecule has 0 aliphatic carbocycles. The number of benzene rings is 2. The lowest BCUT2D eigenvalue weighted by Gasteiger charge is -2.14. The number of hydrogen-bond donors (Lipinski definition) is 1. The van der Waals surface area contributed by atoms with Crippen molar-refractivity contribution in [1.82, 2.24) is 24.7 Å². The molecule has 10 nitrogen and oxygen atoms in total. The van der Waals surface area contributed by atoms with Gasteiger partial charge in [0.1, 0.15) is 6.33 Å². The number of anilines is 1. The van der Waals surface area contributed by atoms with Crippen molar-refractivity contribution in [3.8, 4) is 5.69 Å². The summed E-state index contributed by atoms with van der Waals surface area (Å²) in [6.07, 6.45) is 1.65. The number of carbonyl (C=O) groups excluding carboxylic acids is 1. The first-order chi connectivity index (χ1) is 13.4. The van der Waals surface area contributed by atoms with Crippen LogP contribution in [0.5, 0.6) is 0 Å². The molecule has 2 aromatic carbocycles. The van der Waals surface area contributed by atoms with Crippen LogP contribution in [0, 0.1) is 0 Å². The van der Waals surface area contributed by atoms with E-state index in [2.05, 4.69) is 20.8 Å². The zero-order chi connectivity index (χ0) is 20.1. The van der Waals surface area contributed by atoms with Crippen LogP contribution in [0.1, 0.15) is 5.56 Å². The standard InChI is InChI=1S/C17H18N6O4S/c1-22(27-2)28(25,26)16-9-5-14(6-10-16)19-17(24)11-13-3-7-15(8-4-13)23-12-18-20-21-23/h3-10,12H,11H2,1-2H3,(H,19,24). The van der Waals surface area contributed by atoms with Gasteiger partial charge < -0.3 is 5.32 Å². The molecule has 0 fully saturated rings. The molecule has 0 aliphatic heterocycles. The maximum absolute atomic E-state index is 12.2. The molecule has 1 heterocycles. The number of nitrogens with zero attached hydrogens (tertiary/aromatic N) is 5. The van der Waals surface area contributed by atoms with Gasteiger partial charge in [-0.1, -0.05) is 16.6 Å². The maximum Gasteiger partial charge on any atom is 0.264 e. The van der Waals surface area contributed by atoms with Crippen molar-refractivity contribution in [2.24, 2.45) is 0 Å². The van der Waals surface area contributed by atoms with E-state index in [4.69, 9.17) is 4.84 Å². The summed E-state index contributed by atoms with van der Waals surface area (Å²) in [5, 5.41) is 13.7. The third-order valence-electron chi connectivity index (χ3n) is 3.95. The molecule has 0 spiro atoms. The van der Waals surface area contributed by atoms with Gasteiger partial charge in [0.25, 0.3) is 10.0 Å². The summed E-state index contributed by atoms with van der Waals surface area (Å²) in [7, 11) is -1.16. The number of hydroxylamine groups is 1. The third kappa shape index (κ3) is 4.39. The number of carbonyl (C=O) groups is 1. The van der Waals surface area contributed by atoms with Crippen molar-refractivity contribution in [3.05, 3.63) is 60.4 Å². The summed E-state index contributed by atoms with van der Waals surface area (Å²) in [5.74, 6) is -0.222. The third-order valence-corrected chi connectivity index (χ3v) is 5.64. The Bertz CT molecular complexity index is 1030. The number of amides is 1. The molecule has 28 heavy (non-hydrogen) atoms. The fourth-order valence-corrected chi connectivity index (χ4v) is 3.37. The first-order valence-corrected chi connectivity index (χ1v) is 9.59. The van der Waals surface area contributed by atoms with Crippen LogP contribution in [0.25, 0.3) is 5.69 Å². The Balaban J connectivity index is 1.62. The molecule has 3 rings (SSSR count). The monoisotopic (exact) mass is 402 g/mol. The highest BCUT2D eigenvalue weighted by atomic mass is 32.2. The summed E-state index contributed by atoms with van der Waals surface area (Å²) >= 11 is 0. The normalized spacial score (nSPS) is 11.5. The Labute approximate surface area is 161 Å². The maximum atomic E-state index is 12.2. The first-order valence-electron chi connectivity index (χ1n) is 8.15. The van der Waals surface area contributed by atoms with E-state index in [0.29, 0.717) is 5.69 Å². The zero-order valence-corrected chi connectivity index (χ0v) is 16.0. The average molecular weight is 402 g/mol. The minimum absolute atomic E-state index is 0.0630. The van der Waals surface area contributed by atoms with Gasteiger partial charge in [-0.2, -0.15) is 0 Å². The van der Waals surface area contributed by atoms with Crippen LogP contribution in [0.15, 0.2) is 59.8 Å². The number of nitrogens with one attached hydrogen (secondary N) is 1. The van der Waals surface area contributed by atoms with Crippen LogP contribution in [-0.2, 0) is 26.1 Å². The van der Waals surface area contributed by atoms with Crippen molar-refractivity contribution in [1.29, 1.82) is 0 Å². The van der Waals surface area contributed by atoms with Crippen LogP contribution in [-0.4, -0.2) is 53.2 Å². The fourth-order valence-electron chi connectivity index (χ4n) is 2.39. The number of sulfonamides is 1. The van der Waals surface area contributed by atoms with Crippen LogP contribution < -0.4 is 5.32 Å². The van der Waals surface area contributed by atoms with Gasteiger partial charge in [-0.05, 0) is 52.4 Å². The number of tetrazole rings is 1. The molecule has 0 bridgehead atoms. The Kier molecular flexibility index (Phi) is 5.78. The van der Waals surface area contributed by atoms with Crippen LogP contribution in [0.3, 0.4) is 0 Å². The molecular formula is C17H18N6O4S. The van der Waals surface area contributed by atoms with Gasteiger partial charge in [-0.3, -0.25) is 9.63 Å². The van der Waals surface area contributed by atoms with E-state index in [9.17, 15) is 13.2 Å². The lowest BCUT2D eigenvalue weighted by molar-refractivity contribution is -0.115. The van der Waals surface area contributed by atoms with Crippen molar-refractivity contribution < 1.29 is 18.0 Å². The van der Waals surface area contributed by atoms with Crippen LogP contribution >= 0.6 is 0 Å². The Morgan fingerprint density at radius 1 is 1.14 bits per heavy atom. The topological polar surface area (TPSA) is 119 Å². The van der Waals surface area contributed by atoms with Crippen molar-refractivity contribution in [2.75, 3.05) is 19.5 Å². The van der Waals surface area contributed by atoms with E-state index in [0.717, 1.165) is 15.7 Å². The smallest absolute Gasteiger partial charge is 0.264 e. The molecule has 0 saturated carbocycles. The molecule has 0 aliphatic rings.